The number of benzene rings is 1. The molecule has 19 heavy (non-hydrogen) atoms. The molecule has 0 aliphatic carbocycles. The molecule has 4 nitrogen and oxygen atoms in total. The highest BCUT2D eigenvalue weighted by Crippen LogP contribution is 2.26. The summed E-state index contributed by atoms with van der Waals surface area (Å²) in [4.78, 5) is 23.0. The van der Waals surface area contributed by atoms with Gasteiger partial charge in [-0.3, -0.25) is 4.79 Å². The van der Waals surface area contributed by atoms with Crippen LogP contribution in [0.4, 0.5) is 0 Å². The highest BCUT2D eigenvalue weighted by Gasteiger charge is 2.29. The SMILES string of the molecule is CCC(C)(I)C(=O)Oc1ccc2oc(=O)ccc2c1. The molecule has 0 N–H and O–H groups in total. The summed E-state index contributed by atoms with van der Waals surface area (Å²) in [5, 5.41) is 0.719. The number of alkyl halides is 1. The molecule has 2 rings (SSSR count). The molecule has 0 saturated carbocycles. The van der Waals surface area contributed by atoms with Crippen molar-refractivity contribution in [2.45, 2.75) is 23.7 Å². The topological polar surface area (TPSA) is 56.5 Å². The lowest BCUT2D eigenvalue weighted by Crippen LogP contribution is -2.31. The molecule has 0 spiro atoms. The van der Waals surface area contributed by atoms with Crippen LogP contribution >= 0.6 is 22.6 Å². The van der Waals surface area contributed by atoms with Gasteiger partial charge in [0.05, 0.1) is 0 Å². The first kappa shape index (κ1) is 14.0. The predicted molar refractivity (Wildman–Crippen MR) is 80.8 cm³/mol. The Morgan fingerprint density at radius 2 is 2.11 bits per heavy atom. The summed E-state index contributed by atoms with van der Waals surface area (Å²) < 4.78 is 9.81. The molecule has 0 radical (unpaired) electrons. The van der Waals surface area contributed by atoms with Gasteiger partial charge in [0.15, 0.2) is 0 Å². The van der Waals surface area contributed by atoms with Gasteiger partial charge in [-0.05, 0) is 37.6 Å². The minimum absolute atomic E-state index is 0.285. The average molecular weight is 372 g/mol. The Morgan fingerprint density at radius 1 is 1.37 bits per heavy atom. The Bertz CT molecular complexity index is 672. The van der Waals surface area contributed by atoms with E-state index in [-0.39, 0.29) is 5.97 Å². The fourth-order valence-corrected chi connectivity index (χ4v) is 1.58. The van der Waals surface area contributed by atoms with E-state index < -0.39 is 9.05 Å². The van der Waals surface area contributed by atoms with E-state index in [1.807, 2.05) is 13.8 Å². The van der Waals surface area contributed by atoms with Gasteiger partial charge in [0.2, 0.25) is 0 Å². The van der Waals surface area contributed by atoms with Gasteiger partial charge in [-0.1, -0.05) is 29.5 Å². The molecule has 0 bridgehead atoms. The quantitative estimate of drug-likeness (QED) is 0.273. The highest BCUT2D eigenvalue weighted by atomic mass is 127. The first-order valence-corrected chi connectivity index (χ1v) is 6.95. The number of esters is 1. The Balaban J connectivity index is 2.30. The number of halogens is 1. The van der Waals surface area contributed by atoms with Crippen LogP contribution in [0.3, 0.4) is 0 Å². The smallest absolute Gasteiger partial charge is 0.336 e. The van der Waals surface area contributed by atoms with Crippen molar-refractivity contribution >= 4 is 39.5 Å². The molecule has 0 aliphatic heterocycles. The van der Waals surface area contributed by atoms with Gasteiger partial charge in [-0.15, -0.1) is 0 Å². The van der Waals surface area contributed by atoms with E-state index in [1.54, 1.807) is 24.3 Å². The fourth-order valence-electron chi connectivity index (χ4n) is 1.47. The van der Waals surface area contributed by atoms with Gasteiger partial charge < -0.3 is 9.15 Å². The summed E-state index contributed by atoms with van der Waals surface area (Å²) in [6.45, 7) is 3.76. The fraction of sp³-hybridized carbons (Fsp3) is 0.286. The zero-order chi connectivity index (χ0) is 14.0. The number of rotatable bonds is 3. The van der Waals surface area contributed by atoms with Crippen molar-refractivity contribution in [2.24, 2.45) is 0 Å². The zero-order valence-electron chi connectivity index (χ0n) is 10.6. The Kier molecular flexibility index (Phi) is 3.93. The number of carbonyl (C=O) groups excluding carboxylic acids is 1. The maximum Gasteiger partial charge on any atom is 0.336 e. The maximum absolute atomic E-state index is 12.0. The van der Waals surface area contributed by atoms with Crippen LogP contribution in [0.25, 0.3) is 11.0 Å². The van der Waals surface area contributed by atoms with Crippen LogP contribution in [0.1, 0.15) is 20.3 Å². The molecular weight excluding hydrogens is 359 g/mol. The van der Waals surface area contributed by atoms with E-state index in [9.17, 15) is 9.59 Å². The van der Waals surface area contributed by atoms with Gasteiger partial charge >= 0.3 is 11.6 Å². The Morgan fingerprint density at radius 3 is 2.79 bits per heavy atom. The van der Waals surface area contributed by atoms with Crippen LogP contribution in [-0.4, -0.2) is 9.39 Å². The predicted octanol–water partition coefficient (Wildman–Crippen LogP) is 3.30. The lowest BCUT2D eigenvalue weighted by atomic mass is 10.1. The number of hydrogen-bond donors (Lipinski definition) is 0. The van der Waals surface area contributed by atoms with E-state index in [1.165, 1.54) is 6.07 Å². The maximum atomic E-state index is 12.0. The first-order valence-electron chi connectivity index (χ1n) is 5.87. The number of fused-ring (bicyclic) bond motifs is 1. The molecule has 0 saturated heterocycles. The summed E-state index contributed by atoms with van der Waals surface area (Å²) in [6.07, 6.45) is 0.689. The Labute approximate surface area is 123 Å². The van der Waals surface area contributed by atoms with Crippen molar-refractivity contribution in [3.63, 3.8) is 0 Å². The molecule has 2 aromatic rings. The highest BCUT2D eigenvalue weighted by molar-refractivity contribution is 14.1. The second-order valence-corrected chi connectivity index (χ2v) is 6.78. The van der Waals surface area contributed by atoms with Crippen molar-refractivity contribution in [2.75, 3.05) is 0 Å². The number of ether oxygens (including phenoxy) is 1. The second kappa shape index (κ2) is 5.32. The van der Waals surface area contributed by atoms with Crippen LogP contribution < -0.4 is 10.4 Å². The lowest BCUT2D eigenvalue weighted by Gasteiger charge is -2.18. The molecule has 1 unspecified atom stereocenters. The van der Waals surface area contributed by atoms with Gasteiger partial charge in [0.25, 0.3) is 0 Å². The summed E-state index contributed by atoms with van der Waals surface area (Å²) in [5.41, 5.74) is 0.0723. The summed E-state index contributed by atoms with van der Waals surface area (Å²) in [7, 11) is 0. The van der Waals surface area contributed by atoms with Crippen molar-refractivity contribution in [3.8, 4) is 5.75 Å². The van der Waals surface area contributed by atoms with Gasteiger partial charge in [-0.2, -0.15) is 0 Å². The van der Waals surface area contributed by atoms with Crippen molar-refractivity contribution in [1.29, 1.82) is 0 Å². The van der Waals surface area contributed by atoms with E-state index >= 15 is 0 Å². The summed E-state index contributed by atoms with van der Waals surface area (Å²) in [5.74, 6) is 0.162. The van der Waals surface area contributed by atoms with Crippen LogP contribution in [0.15, 0.2) is 39.5 Å². The molecule has 100 valence electrons. The number of hydrogen-bond acceptors (Lipinski definition) is 4. The molecule has 1 aromatic carbocycles. The van der Waals surface area contributed by atoms with Gasteiger partial charge in [-0.25, -0.2) is 4.79 Å². The summed E-state index contributed by atoms with van der Waals surface area (Å²) in [6, 6.07) is 7.89. The number of carbonyl (C=O) groups is 1. The van der Waals surface area contributed by atoms with Crippen molar-refractivity contribution in [1.82, 2.24) is 0 Å². The molecule has 1 atom stereocenters. The zero-order valence-corrected chi connectivity index (χ0v) is 12.8. The standard InChI is InChI=1S/C14H13IO4/c1-3-14(2,15)13(17)18-10-5-6-11-9(8-10)4-7-12(16)19-11/h4-8H,3H2,1-2H3. The summed E-state index contributed by atoms with van der Waals surface area (Å²) >= 11 is 2.08. The first-order chi connectivity index (χ1) is 8.92. The van der Waals surface area contributed by atoms with Gasteiger partial charge in [0, 0.05) is 11.5 Å². The molecule has 1 aromatic heterocycles. The van der Waals surface area contributed by atoms with Gasteiger partial charge in [0.1, 0.15) is 14.8 Å². The minimum Gasteiger partial charge on any atom is -0.426 e. The lowest BCUT2D eigenvalue weighted by molar-refractivity contribution is -0.136. The average Bonchev–Trinajstić information content (AvgIpc) is 2.38. The van der Waals surface area contributed by atoms with Crippen molar-refractivity contribution in [3.05, 3.63) is 40.8 Å². The van der Waals surface area contributed by atoms with E-state index in [0.717, 1.165) is 5.39 Å². The van der Waals surface area contributed by atoms with E-state index in [0.29, 0.717) is 17.8 Å². The molecule has 0 aliphatic rings. The minimum atomic E-state index is -0.546. The Hall–Kier alpha value is -1.37. The van der Waals surface area contributed by atoms with Crippen LogP contribution in [0, 0.1) is 0 Å². The molecule has 0 amide bonds. The van der Waals surface area contributed by atoms with E-state index in [2.05, 4.69) is 22.6 Å². The molecule has 5 heteroatoms. The normalized spacial score (nSPS) is 14.1. The monoisotopic (exact) mass is 372 g/mol. The van der Waals surface area contributed by atoms with Crippen LogP contribution in [-0.2, 0) is 4.79 Å². The molecule has 1 heterocycles. The second-order valence-electron chi connectivity index (χ2n) is 4.39. The van der Waals surface area contributed by atoms with Crippen molar-refractivity contribution < 1.29 is 13.9 Å². The van der Waals surface area contributed by atoms with E-state index in [4.69, 9.17) is 9.15 Å². The third-order valence-electron chi connectivity index (χ3n) is 2.89. The molecule has 0 fully saturated rings. The molecular formula is C14H13IO4. The van der Waals surface area contributed by atoms with Crippen LogP contribution in [0.5, 0.6) is 5.75 Å². The third kappa shape index (κ3) is 3.15. The third-order valence-corrected chi connectivity index (χ3v) is 4.09. The largest absolute Gasteiger partial charge is 0.426 e. The van der Waals surface area contributed by atoms with Crippen LogP contribution in [0.2, 0.25) is 0 Å².